The van der Waals surface area contributed by atoms with Crippen molar-refractivity contribution in [2.45, 2.75) is 38.8 Å². The fourth-order valence-corrected chi connectivity index (χ4v) is 3.39. The van der Waals surface area contributed by atoms with Gasteiger partial charge in [0.2, 0.25) is 5.91 Å². The zero-order valence-electron chi connectivity index (χ0n) is 12.6. The van der Waals surface area contributed by atoms with Gasteiger partial charge in [-0.1, -0.05) is 6.92 Å². The number of carbonyl (C=O) groups is 1. The molecule has 1 aromatic rings. The van der Waals surface area contributed by atoms with Crippen molar-refractivity contribution in [2.75, 3.05) is 25.0 Å². The number of carbonyl (C=O) groups excluding carboxylic acids is 1. The van der Waals surface area contributed by atoms with Gasteiger partial charge in [0.15, 0.2) is 0 Å². The average molecular weight is 288 g/mol. The third-order valence-corrected chi connectivity index (χ3v) is 4.48. The average Bonchev–Trinajstić information content (AvgIpc) is 2.88. The van der Waals surface area contributed by atoms with Gasteiger partial charge in [-0.15, -0.1) is 0 Å². The van der Waals surface area contributed by atoms with Crippen LogP contribution < -0.4 is 10.6 Å². The first-order valence-electron chi connectivity index (χ1n) is 7.98. The Hall–Kier alpha value is -1.62. The SMILES string of the molecule is CCCNc1ccnc(CN2CCCC3C(=O)NCC32)c1. The molecule has 5 heteroatoms. The maximum absolute atomic E-state index is 11.8. The predicted molar refractivity (Wildman–Crippen MR) is 82.9 cm³/mol. The van der Waals surface area contributed by atoms with Crippen LogP contribution in [-0.4, -0.2) is 41.5 Å². The Morgan fingerprint density at radius 3 is 3.29 bits per heavy atom. The Bertz CT molecular complexity index is 505. The number of pyridine rings is 1. The van der Waals surface area contributed by atoms with Crippen molar-refractivity contribution >= 4 is 11.6 Å². The molecule has 2 aliphatic rings. The van der Waals surface area contributed by atoms with Gasteiger partial charge in [0.1, 0.15) is 0 Å². The number of likely N-dealkylation sites (tertiary alicyclic amines) is 1. The van der Waals surface area contributed by atoms with Gasteiger partial charge in [-0.25, -0.2) is 0 Å². The summed E-state index contributed by atoms with van der Waals surface area (Å²) in [5, 5.41) is 6.40. The van der Waals surface area contributed by atoms with Crippen LogP contribution in [0.4, 0.5) is 5.69 Å². The van der Waals surface area contributed by atoms with E-state index in [1.807, 2.05) is 12.3 Å². The quantitative estimate of drug-likeness (QED) is 0.864. The van der Waals surface area contributed by atoms with Gasteiger partial charge >= 0.3 is 0 Å². The molecule has 0 radical (unpaired) electrons. The van der Waals surface area contributed by atoms with Gasteiger partial charge < -0.3 is 10.6 Å². The largest absolute Gasteiger partial charge is 0.385 e. The lowest BCUT2D eigenvalue weighted by molar-refractivity contribution is -0.124. The van der Waals surface area contributed by atoms with Crippen LogP contribution in [0.15, 0.2) is 18.3 Å². The van der Waals surface area contributed by atoms with Crippen LogP contribution >= 0.6 is 0 Å². The Kier molecular flexibility index (Phi) is 4.39. The summed E-state index contributed by atoms with van der Waals surface area (Å²) >= 11 is 0. The number of hydrogen-bond acceptors (Lipinski definition) is 4. The molecule has 114 valence electrons. The molecule has 2 N–H and O–H groups in total. The van der Waals surface area contributed by atoms with Crippen molar-refractivity contribution in [3.63, 3.8) is 0 Å². The summed E-state index contributed by atoms with van der Waals surface area (Å²) in [6, 6.07) is 4.49. The highest BCUT2D eigenvalue weighted by molar-refractivity contribution is 5.82. The first-order chi connectivity index (χ1) is 10.3. The van der Waals surface area contributed by atoms with Crippen molar-refractivity contribution in [1.29, 1.82) is 0 Å². The number of anilines is 1. The van der Waals surface area contributed by atoms with Crippen LogP contribution in [0.25, 0.3) is 0 Å². The lowest BCUT2D eigenvalue weighted by Crippen LogP contribution is -2.45. The van der Waals surface area contributed by atoms with Crippen LogP contribution in [0.2, 0.25) is 0 Å². The van der Waals surface area contributed by atoms with Crippen LogP contribution in [-0.2, 0) is 11.3 Å². The summed E-state index contributed by atoms with van der Waals surface area (Å²) < 4.78 is 0. The standard InChI is InChI=1S/C16H24N4O/c1-2-6-17-12-5-7-18-13(9-12)11-20-8-3-4-14-15(20)10-19-16(14)21/h5,7,9,14-15H,2-4,6,8,10-11H2,1H3,(H,17,18)(H,19,21). The summed E-state index contributed by atoms with van der Waals surface area (Å²) in [6.07, 6.45) is 5.11. The van der Waals surface area contributed by atoms with Crippen molar-refractivity contribution in [1.82, 2.24) is 15.2 Å². The first kappa shape index (κ1) is 14.3. The number of fused-ring (bicyclic) bond motifs is 1. The van der Waals surface area contributed by atoms with E-state index >= 15 is 0 Å². The topological polar surface area (TPSA) is 57.3 Å². The van der Waals surface area contributed by atoms with Crippen LogP contribution in [0.3, 0.4) is 0 Å². The minimum atomic E-state index is 0.181. The third kappa shape index (κ3) is 3.18. The zero-order valence-corrected chi connectivity index (χ0v) is 12.6. The first-order valence-corrected chi connectivity index (χ1v) is 7.98. The molecule has 2 aliphatic heterocycles. The molecule has 1 aromatic heterocycles. The maximum Gasteiger partial charge on any atom is 0.224 e. The Morgan fingerprint density at radius 1 is 1.52 bits per heavy atom. The minimum absolute atomic E-state index is 0.181. The Morgan fingerprint density at radius 2 is 2.43 bits per heavy atom. The van der Waals surface area contributed by atoms with E-state index in [0.29, 0.717) is 6.04 Å². The molecule has 0 bridgehead atoms. The minimum Gasteiger partial charge on any atom is -0.385 e. The molecule has 2 fully saturated rings. The molecule has 0 aromatic carbocycles. The van der Waals surface area contributed by atoms with Crippen molar-refractivity contribution < 1.29 is 4.79 Å². The lowest BCUT2D eigenvalue weighted by atomic mass is 9.91. The van der Waals surface area contributed by atoms with Crippen LogP contribution in [0, 0.1) is 5.92 Å². The fourth-order valence-electron chi connectivity index (χ4n) is 3.39. The molecule has 1 amide bonds. The van der Waals surface area contributed by atoms with E-state index in [1.165, 1.54) is 0 Å². The molecule has 2 unspecified atom stereocenters. The van der Waals surface area contributed by atoms with E-state index in [2.05, 4.69) is 33.5 Å². The smallest absolute Gasteiger partial charge is 0.224 e. The second-order valence-electron chi connectivity index (χ2n) is 5.99. The van der Waals surface area contributed by atoms with Crippen molar-refractivity contribution in [3.05, 3.63) is 24.0 Å². The van der Waals surface area contributed by atoms with Gasteiger partial charge in [-0.05, 0) is 37.9 Å². The van der Waals surface area contributed by atoms with Gasteiger partial charge in [0, 0.05) is 37.6 Å². The number of nitrogens with one attached hydrogen (secondary N) is 2. The highest BCUT2D eigenvalue weighted by Crippen LogP contribution is 2.28. The zero-order chi connectivity index (χ0) is 14.7. The summed E-state index contributed by atoms with van der Waals surface area (Å²) in [7, 11) is 0. The molecule has 0 aliphatic carbocycles. The van der Waals surface area contributed by atoms with E-state index < -0.39 is 0 Å². The summed E-state index contributed by atoms with van der Waals surface area (Å²) in [4.78, 5) is 18.7. The van der Waals surface area contributed by atoms with Crippen LogP contribution in [0.5, 0.6) is 0 Å². The number of hydrogen-bond donors (Lipinski definition) is 2. The van der Waals surface area contributed by atoms with E-state index in [1.54, 1.807) is 0 Å². The number of piperidine rings is 1. The summed E-state index contributed by atoms with van der Waals surface area (Å²) in [5.41, 5.74) is 2.21. The molecular weight excluding hydrogens is 264 g/mol. The highest BCUT2D eigenvalue weighted by Gasteiger charge is 2.40. The molecular formula is C16H24N4O. The summed E-state index contributed by atoms with van der Waals surface area (Å²) in [6.45, 7) is 5.82. The molecule has 3 heterocycles. The molecule has 5 nitrogen and oxygen atoms in total. The lowest BCUT2D eigenvalue weighted by Gasteiger charge is -2.35. The van der Waals surface area contributed by atoms with Gasteiger partial charge in [-0.2, -0.15) is 0 Å². The molecule has 3 rings (SSSR count). The number of aromatic nitrogens is 1. The Labute approximate surface area is 126 Å². The van der Waals surface area contributed by atoms with Gasteiger partial charge in [-0.3, -0.25) is 14.7 Å². The molecule has 2 atom stereocenters. The molecule has 0 saturated carbocycles. The molecule has 0 spiro atoms. The summed E-state index contributed by atoms with van der Waals surface area (Å²) in [5.74, 6) is 0.413. The second-order valence-corrected chi connectivity index (χ2v) is 5.99. The van der Waals surface area contributed by atoms with E-state index in [9.17, 15) is 4.79 Å². The second kappa shape index (κ2) is 6.43. The predicted octanol–water partition coefficient (Wildman–Crippen LogP) is 1.61. The van der Waals surface area contributed by atoms with E-state index in [-0.39, 0.29) is 11.8 Å². The third-order valence-electron chi connectivity index (χ3n) is 4.48. The molecule has 2 saturated heterocycles. The highest BCUT2D eigenvalue weighted by atomic mass is 16.2. The number of rotatable bonds is 5. The maximum atomic E-state index is 11.8. The Balaban J connectivity index is 1.67. The van der Waals surface area contributed by atoms with Crippen LogP contribution in [0.1, 0.15) is 31.9 Å². The van der Waals surface area contributed by atoms with Crippen molar-refractivity contribution in [3.8, 4) is 0 Å². The molecule has 21 heavy (non-hydrogen) atoms. The van der Waals surface area contributed by atoms with E-state index in [4.69, 9.17) is 0 Å². The fraction of sp³-hybridized carbons (Fsp3) is 0.625. The number of amides is 1. The van der Waals surface area contributed by atoms with Gasteiger partial charge in [0.25, 0.3) is 0 Å². The normalized spacial score (nSPS) is 25.5. The number of nitrogens with zero attached hydrogens (tertiary/aromatic N) is 2. The van der Waals surface area contributed by atoms with E-state index in [0.717, 1.165) is 56.8 Å². The van der Waals surface area contributed by atoms with Crippen molar-refractivity contribution in [2.24, 2.45) is 5.92 Å². The van der Waals surface area contributed by atoms with Gasteiger partial charge in [0.05, 0.1) is 11.6 Å². The monoisotopic (exact) mass is 288 g/mol.